The molecule has 0 radical (unpaired) electrons. The van der Waals surface area contributed by atoms with Crippen molar-refractivity contribution in [2.24, 2.45) is 0 Å². The molecule has 25 heavy (non-hydrogen) atoms. The number of carboxylic acid groups (broad SMARTS) is 1. The zero-order valence-electron chi connectivity index (χ0n) is 13.1. The van der Waals surface area contributed by atoms with Crippen molar-refractivity contribution in [1.29, 1.82) is 0 Å². The molecule has 7 heteroatoms. The number of amides is 2. The van der Waals surface area contributed by atoms with Crippen molar-refractivity contribution in [3.05, 3.63) is 59.9 Å². The topological polar surface area (TPSA) is 89.5 Å². The molecule has 2 aromatic rings. The van der Waals surface area contributed by atoms with Gasteiger partial charge in [0, 0.05) is 18.1 Å². The molecule has 1 aliphatic rings. The first-order valence-corrected chi connectivity index (χ1v) is 7.62. The zero-order valence-corrected chi connectivity index (χ0v) is 13.1. The lowest BCUT2D eigenvalue weighted by Crippen LogP contribution is -2.34. The number of aliphatic carboxylic acids is 1. The summed E-state index contributed by atoms with van der Waals surface area (Å²) >= 11 is 0. The van der Waals surface area contributed by atoms with Crippen molar-refractivity contribution >= 4 is 29.2 Å². The summed E-state index contributed by atoms with van der Waals surface area (Å²) in [5.41, 5.74) is 1.49. The molecule has 2 amide bonds. The quantitative estimate of drug-likeness (QED) is 0.815. The maximum Gasteiger partial charge on any atom is 0.256 e. The molecule has 1 N–H and O–H groups in total. The maximum atomic E-state index is 13.0. The van der Waals surface area contributed by atoms with Crippen molar-refractivity contribution < 1.29 is 23.9 Å². The molecule has 1 atom stereocenters. The second-order valence-electron chi connectivity index (χ2n) is 5.69. The Balaban J connectivity index is 1.71. The minimum atomic E-state index is -1.17. The van der Waals surface area contributed by atoms with Crippen molar-refractivity contribution in [3.63, 3.8) is 0 Å². The van der Waals surface area contributed by atoms with Gasteiger partial charge in [-0.2, -0.15) is 0 Å². The Labute approximate surface area is 142 Å². The van der Waals surface area contributed by atoms with E-state index in [0.717, 1.165) is 4.90 Å². The zero-order chi connectivity index (χ0) is 18.0. The van der Waals surface area contributed by atoms with Crippen LogP contribution in [-0.2, 0) is 20.8 Å². The van der Waals surface area contributed by atoms with Gasteiger partial charge in [-0.05, 0) is 42.0 Å². The molecule has 128 valence electrons. The summed E-state index contributed by atoms with van der Waals surface area (Å²) in [5, 5.41) is 13.5. The van der Waals surface area contributed by atoms with E-state index < -0.39 is 23.7 Å². The van der Waals surface area contributed by atoms with Crippen molar-refractivity contribution in [2.75, 3.05) is 10.2 Å². The predicted octanol–water partition coefficient (Wildman–Crippen LogP) is 0.862. The van der Waals surface area contributed by atoms with Gasteiger partial charge in [-0.25, -0.2) is 9.29 Å². The predicted molar refractivity (Wildman–Crippen MR) is 86.1 cm³/mol. The largest absolute Gasteiger partial charge is 0.550 e. The molecule has 0 saturated carbocycles. The smallest absolute Gasteiger partial charge is 0.256 e. The van der Waals surface area contributed by atoms with E-state index >= 15 is 0 Å². The van der Waals surface area contributed by atoms with Gasteiger partial charge in [0.15, 0.2) is 0 Å². The van der Waals surface area contributed by atoms with E-state index in [0.29, 0.717) is 16.9 Å². The number of anilines is 2. The summed E-state index contributed by atoms with van der Waals surface area (Å²) in [6.45, 7) is 0. The number of carboxylic acids is 1. The Morgan fingerprint density at radius 1 is 1.12 bits per heavy atom. The highest BCUT2D eigenvalue weighted by atomic mass is 19.1. The monoisotopic (exact) mass is 341 g/mol. The summed E-state index contributed by atoms with van der Waals surface area (Å²) in [6, 6.07) is 10.9. The van der Waals surface area contributed by atoms with Crippen LogP contribution in [0.15, 0.2) is 48.5 Å². The van der Waals surface area contributed by atoms with Gasteiger partial charge in [0.25, 0.3) is 5.91 Å². The Bertz CT molecular complexity index is 818. The Hall–Kier alpha value is -3.22. The van der Waals surface area contributed by atoms with Crippen LogP contribution < -0.4 is 15.3 Å². The van der Waals surface area contributed by atoms with E-state index in [1.165, 1.54) is 24.3 Å². The van der Waals surface area contributed by atoms with Crippen molar-refractivity contribution in [3.8, 4) is 0 Å². The number of hydrogen-bond acceptors (Lipinski definition) is 5. The lowest BCUT2D eigenvalue weighted by atomic mass is 10.1. The van der Waals surface area contributed by atoms with Crippen LogP contribution in [0.1, 0.15) is 12.0 Å². The first-order chi connectivity index (χ1) is 11.9. The van der Waals surface area contributed by atoms with Gasteiger partial charge in [-0.15, -0.1) is 0 Å². The van der Waals surface area contributed by atoms with E-state index in [1.54, 1.807) is 24.3 Å². The second kappa shape index (κ2) is 6.72. The molecule has 1 aliphatic heterocycles. The minimum absolute atomic E-state index is 0.0169. The van der Waals surface area contributed by atoms with Crippen molar-refractivity contribution in [1.82, 2.24) is 0 Å². The van der Waals surface area contributed by atoms with Gasteiger partial charge >= 0.3 is 0 Å². The fourth-order valence-electron chi connectivity index (χ4n) is 2.69. The summed E-state index contributed by atoms with van der Waals surface area (Å²) < 4.78 is 13.0. The lowest BCUT2D eigenvalue weighted by Gasteiger charge is -2.16. The molecule has 2 aromatic carbocycles. The molecule has 3 rings (SSSR count). The molecule has 6 nitrogen and oxygen atoms in total. The van der Waals surface area contributed by atoms with Gasteiger partial charge in [0.2, 0.25) is 5.91 Å². The number of carbonyl (C=O) groups is 3. The number of imide groups is 1. The average Bonchev–Trinajstić information content (AvgIpc) is 2.84. The fourth-order valence-corrected chi connectivity index (χ4v) is 2.69. The number of benzene rings is 2. The standard InChI is InChI=1S/C18H15FN2O4/c19-12-3-7-14(8-4-12)21-16(22)10-15(18(21)25)20-13-5-1-11(2-6-13)9-17(23)24/h1-8,15,20H,9-10H2,(H,23,24)/p-1/t15-/m1/s1. The molecule has 0 bridgehead atoms. The summed E-state index contributed by atoms with van der Waals surface area (Å²) in [7, 11) is 0. The number of carbonyl (C=O) groups excluding carboxylic acids is 3. The Morgan fingerprint density at radius 2 is 1.76 bits per heavy atom. The molecular formula is C18H14FN2O4-. The highest BCUT2D eigenvalue weighted by Crippen LogP contribution is 2.25. The number of nitrogens with one attached hydrogen (secondary N) is 1. The van der Waals surface area contributed by atoms with Gasteiger partial charge < -0.3 is 15.2 Å². The molecule has 1 heterocycles. The van der Waals surface area contributed by atoms with Crippen LogP contribution in [-0.4, -0.2) is 23.8 Å². The molecule has 0 spiro atoms. The average molecular weight is 341 g/mol. The van der Waals surface area contributed by atoms with Gasteiger partial charge in [0.05, 0.1) is 12.1 Å². The summed E-state index contributed by atoms with van der Waals surface area (Å²) in [5.74, 6) is -2.42. The molecule has 0 unspecified atom stereocenters. The van der Waals surface area contributed by atoms with E-state index in [-0.39, 0.29) is 18.7 Å². The van der Waals surface area contributed by atoms with Crippen LogP contribution in [0.2, 0.25) is 0 Å². The lowest BCUT2D eigenvalue weighted by molar-refractivity contribution is -0.304. The minimum Gasteiger partial charge on any atom is -0.550 e. The third kappa shape index (κ3) is 3.65. The number of nitrogens with zero attached hydrogens (tertiary/aromatic N) is 1. The second-order valence-corrected chi connectivity index (χ2v) is 5.69. The molecule has 1 fully saturated rings. The van der Waals surface area contributed by atoms with E-state index in [2.05, 4.69) is 5.32 Å². The summed E-state index contributed by atoms with van der Waals surface area (Å²) in [6.07, 6.45) is -0.212. The first kappa shape index (κ1) is 16.6. The Kier molecular flexibility index (Phi) is 4.47. The van der Waals surface area contributed by atoms with Gasteiger partial charge in [-0.1, -0.05) is 12.1 Å². The third-order valence-corrected chi connectivity index (χ3v) is 3.87. The number of halogens is 1. The molecule has 1 saturated heterocycles. The number of hydrogen-bond donors (Lipinski definition) is 1. The first-order valence-electron chi connectivity index (χ1n) is 7.62. The number of rotatable bonds is 5. The Morgan fingerprint density at radius 3 is 2.36 bits per heavy atom. The molecule has 0 aromatic heterocycles. The normalized spacial score (nSPS) is 17.0. The van der Waals surface area contributed by atoms with Crippen LogP contribution in [0.5, 0.6) is 0 Å². The highest BCUT2D eigenvalue weighted by Gasteiger charge is 2.39. The van der Waals surface area contributed by atoms with E-state index in [9.17, 15) is 23.9 Å². The molecule has 0 aliphatic carbocycles. The van der Waals surface area contributed by atoms with E-state index in [4.69, 9.17) is 0 Å². The maximum absolute atomic E-state index is 13.0. The highest BCUT2D eigenvalue weighted by molar-refractivity contribution is 6.23. The van der Waals surface area contributed by atoms with Crippen LogP contribution in [0.4, 0.5) is 15.8 Å². The third-order valence-electron chi connectivity index (χ3n) is 3.87. The van der Waals surface area contributed by atoms with Crippen LogP contribution >= 0.6 is 0 Å². The van der Waals surface area contributed by atoms with E-state index in [1.807, 2.05) is 0 Å². The SMILES string of the molecule is O=C([O-])Cc1ccc(N[C@@H]2CC(=O)N(c3ccc(F)cc3)C2=O)cc1. The fraction of sp³-hybridized carbons (Fsp3) is 0.167. The van der Waals surface area contributed by atoms with Crippen LogP contribution in [0.25, 0.3) is 0 Å². The van der Waals surface area contributed by atoms with Gasteiger partial charge in [0.1, 0.15) is 11.9 Å². The summed E-state index contributed by atoms with van der Waals surface area (Å²) in [4.78, 5) is 36.2. The van der Waals surface area contributed by atoms with Crippen molar-refractivity contribution in [2.45, 2.75) is 18.9 Å². The van der Waals surface area contributed by atoms with Crippen LogP contribution in [0, 0.1) is 5.82 Å². The van der Waals surface area contributed by atoms with Gasteiger partial charge in [-0.3, -0.25) is 9.59 Å². The molecular weight excluding hydrogens is 327 g/mol. The van der Waals surface area contributed by atoms with Crippen LogP contribution in [0.3, 0.4) is 0 Å².